The molecule has 2 amide bonds. The van der Waals surface area contributed by atoms with E-state index in [1.807, 2.05) is 0 Å². The molecule has 0 fully saturated rings. The van der Waals surface area contributed by atoms with Crippen LogP contribution in [0.5, 0.6) is 0 Å². The van der Waals surface area contributed by atoms with Gasteiger partial charge >= 0.3 is 6.03 Å². The van der Waals surface area contributed by atoms with Crippen molar-refractivity contribution in [1.82, 2.24) is 4.90 Å². The number of nitrogens with one attached hydrogen (secondary N) is 1. The standard InChI is InChI=1S/C10H10Cl2N2O3/c1-14(5-9(15)16)10(17)13-8-3-2-6(11)4-7(8)12/h2-4H,5H2,1H3,(H,13,17)(H,15,16)/p-1. The molecule has 0 heterocycles. The minimum atomic E-state index is -1.34. The Bertz CT molecular complexity index is 451. The Morgan fingerprint density at radius 3 is 2.59 bits per heavy atom. The lowest BCUT2D eigenvalue weighted by atomic mass is 10.3. The average molecular weight is 276 g/mol. The van der Waals surface area contributed by atoms with E-state index in [9.17, 15) is 14.7 Å². The van der Waals surface area contributed by atoms with Crippen LogP contribution in [0.25, 0.3) is 0 Å². The zero-order valence-corrected chi connectivity index (χ0v) is 10.4. The van der Waals surface area contributed by atoms with Crippen LogP contribution in [-0.4, -0.2) is 30.5 Å². The molecule has 0 radical (unpaired) electrons. The predicted molar refractivity (Wildman–Crippen MR) is 63.1 cm³/mol. The fourth-order valence-corrected chi connectivity index (χ4v) is 1.52. The first kappa shape index (κ1) is 13.6. The number of nitrogens with zero attached hydrogens (tertiary/aromatic N) is 1. The summed E-state index contributed by atoms with van der Waals surface area (Å²) in [5, 5.41) is 13.5. The highest BCUT2D eigenvalue weighted by Gasteiger charge is 2.10. The first-order valence-corrected chi connectivity index (χ1v) is 5.32. The molecule has 0 unspecified atom stereocenters. The molecule has 0 bridgehead atoms. The number of rotatable bonds is 3. The molecule has 0 aliphatic carbocycles. The number of urea groups is 1. The van der Waals surface area contributed by atoms with Crippen LogP contribution in [0.3, 0.4) is 0 Å². The van der Waals surface area contributed by atoms with Gasteiger partial charge in [-0.2, -0.15) is 0 Å². The molecule has 1 N–H and O–H groups in total. The first-order valence-electron chi connectivity index (χ1n) is 4.57. The molecule has 0 aliphatic heterocycles. The Labute approximate surface area is 108 Å². The maximum absolute atomic E-state index is 11.5. The Kier molecular flexibility index (Phi) is 4.60. The van der Waals surface area contributed by atoms with Crippen molar-refractivity contribution in [2.45, 2.75) is 0 Å². The second kappa shape index (κ2) is 5.75. The minimum Gasteiger partial charge on any atom is -0.548 e. The van der Waals surface area contributed by atoms with Crippen LogP contribution < -0.4 is 10.4 Å². The maximum atomic E-state index is 11.5. The number of carbonyl (C=O) groups excluding carboxylic acids is 2. The summed E-state index contributed by atoms with van der Waals surface area (Å²) in [6.45, 7) is -0.503. The number of halogens is 2. The van der Waals surface area contributed by atoms with Gasteiger partial charge in [0.25, 0.3) is 0 Å². The van der Waals surface area contributed by atoms with Crippen molar-refractivity contribution in [3.05, 3.63) is 28.2 Å². The number of anilines is 1. The van der Waals surface area contributed by atoms with Crippen LogP contribution in [0.1, 0.15) is 0 Å². The molecular weight excluding hydrogens is 267 g/mol. The fourth-order valence-electron chi connectivity index (χ4n) is 1.07. The zero-order chi connectivity index (χ0) is 13.0. The van der Waals surface area contributed by atoms with E-state index in [4.69, 9.17) is 23.2 Å². The molecule has 0 spiro atoms. The van der Waals surface area contributed by atoms with E-state index in [0.29, 0.717) is 10.7 Å². The smallest absolute Gasteiger partial charge is 0.321 e. The third-order valence-corrected chi connectivity index (χ3v) is 2.43. The number of benzene rings is 1. The van der Waals surface area contributed by atoms with E-state index < -0.39 is 18.5 Å². The monoisotopic (exact) mass is 275 g/mol. The van der Waals surface area contributed by atoms with Gasteiger partial charge in [0.2, 0.25) is 0 Å². The van der Waals surface area contributed by atoms with Gasteiger partial charge in [0.15, 0.2) is 0 Å². The van der Waals surface area contributed by atoms with Gasteiger partial charge in [-0.1, -0.05) is 23.2 Å². The molecule has 1 rings (SSSR count). The Balaban J connectivity index is 2.71. The largest absolute Gasteiger partial charge is 0.548 e. The molecule has 1 aromatic carbocycles. The van der Waals surface area contributed by atoms with Gasteiger partial charge in [0.05, 0.1) is 23.2 Å². The molecule has 0 saturated carbocycles. The van der Waals surface area contributed by atoms with E-state index in [-0.39, 0.29) is 5.02 Å². The zero-order valence-electron chi connectivity index (χ0n) is 8.87. The molecular formula is C10H9Cl2N2O3-. The van der Waals surface area contributed by atoms with Crippen molar-refractivity contribution in [1.29, 1.82) is 0 Å². The average Bonchev–Trinajstić information content (AvgIpc) is 2.21. The summed E-state index contributed by atoms with van der Waals surface area (Å²) in [6, 6.07) is 3.95. The van der Waals surface area contributed by atoms with Gasteiger partial charge in [-0.3, -0.25) is 0 Å². The molecule has 92 valence electrons. The fraction of sp³-hybridized carbons (Fsp3) is 0.200. The van der Waals surface area contributed by atoms with E-state index in [1.165, 1.54) is 19.2 Å². The van der Waals surface area contributed by atoms with Crippen molar-refractivity contribution < 1.29 is 14.7 Å². The highest BCUT2D eigenvalue weighted by molar-refractivity contribution is 6.36. The third-order valence-electron chi connectivity index (χ3n) is 1.89. The van der Waals surface area contributed by atoms with Crippen molar-refractivity contribution >= 4 is 40.9 Å². The number of amides is 2. The van der Waals surface area contributed by atoms with Crippen LogP contribution in [0.15, 0.2) is 18.2 Å². The number of carboxylic acids is 1. The normalized spacial score (nSPS) is 9.82. The second-order valence-corrected chi connectivity index (χ2v) is 4.13. The quantitative estimate of drug-likeness (QED) is 0.901. The summed E-state index contributed by atoms with van der Waals surface area (Å²) in [7, 11) is 1.33. The lowest BCUT2D eigenvalue weighted by molar-refractivity contribution is -0.305. The summed E-state index contributed by atoms with van der Waals surface area (Å²) in [4.78, 5) is 22.8. The Morgan fingerprint density at radius 2 is 2.06 bits per heavy atom. The van der Waals surface area contributed by atoms with E-state index >= 15 is 0 Å². The van der Waals surface area contributed by atoms with Crippen LogP contribution in [0.2, 0.25) is 10.0 Å². The van der Waals surface area contributed by atoms with Gasteiger partial charge in [0.1, 0.15) is 0 Å². The lowest BCUT2D eigenvalue weighted by Crippen LogP contribution is -2.41. The SMILES string of the molecule is CN(CC(=O)[O-])C(=O)Nc1ccc(Cl)cc1Cl. The number of carboxylic acid groups (broad SMARTS) is 1. The van der Waals surface area contributed by atoms with Crippen LogP contribution >= 0.6 is 23.2 Å². The van der Waals surface area contributed by atoms with E-state index in [0.717, 1.165) is 4.90 Å². The second-order valence-electron chi connectivity index (χ2n) is 3.28. The molecule has 17 heavy (non-hydrogen) atoms. The summed E-state index contributed by atoms with van der Waals surface area (Å²) in [6.07, 6.45) is 0. The molecule has 0 saturated heterocycles. The maximum Gasteiger partial charge on any atom is 0.321 e. The van der Waals surface area contributed by atoms with Crippen molar-refractivity contribution in [3.8, 4) is 0 Å². The van der Waals surface area contributed by atoms with Crippen molar-refractivity contribution in [2.75, 3.05) is 18.9 Å². The number of hydrogen-bond donors (Lipinski definition) is 1. The summed E-state index contributed by atoms with van der Waals surface area (Å²) >= 11 is 11.5. The summed E-state index contributed by atoms with van der Waals surface area (Å²) in [5.41, 5.74) is 0.353. The highest BCUT2D eigenvalue weighted by Crippen LogP contribution is 2.25. The predicted octanol–water partition coefficient (Wildman–Crippen LogP) is 1.21. The third kappa shape index (κ3) is 4.13. The number of carbonyl (C=O) groups is 2. The van der Waals surface area contributed by atoms with Gasteiger partial charge in [0, 0.05) is 12.1 Å². The van der Waals surface area contributed by atoms with E-state index in [1.54, 1.807) is 6.07 Å². The van der Waals surface area contributed by atoms with Gasteiger partial charge in [-0.05, 0) is 18.2 Å². The molecule has 0 atom stereocenters. The Hall–Kier alpha value is -1.46. The molecule has 7 heteroatoms. The van der Waals surface area contributed by atoms with Crippen molar-refractivity contribution in [3.63, 3.8) is 0 Å². The Morgan fingerprint density at radius 1 is 1.41 bits per heavy atom. The van der Waals surface area contributed by atoms with Crippen LogP contribution in [0.4, 0.5) is 10.5 Å². The minimum absolute atomic E-state index is 0.271. The van der Waals surface area contributed by atoms with Crippen molar-refractivity contribution in [2.24, 2.45) is 0 Å². The lowest BCUT2D eigenvalue weighted by Gasteiger charge is -2.18. The number of likely N-dealkylation sites (N-methyl/N-ethyl adjacent to an activating group) is 1. The molecule has 0 aromatic heterocycles. The van der Waals surface area contributed by atoms with Gasteiger partial charge in [-0.25, -0.2) is 4.79 Å². The molecule has 5 nitrogen and oxygen atoms in total. The van der Waals surface area contributed by atoms with Crippen LogP contribution in [-0.2, 0) is 4.79 Å². The van der Waals surface area contributed by atoms with E-state index in [2.05, 4.69) is 5.32 Å². The summed E-state index contributed by atoms with van der Waals surface area (Å²) in [5.74, 6) is -1.34. The van der Waals surface area contributed by atoms with Gasteiger partial charge in [-0.15, -0.1) is 0 Å². The first-order chi connectivity index (χ1) is 7.90. The van der Waals surface area contributed by atoms with Crippen LogP contribution in [0, 0.1) is 0 Å². The van der Waals surface area contributed by atoms with Gasteiger partial charge < -0.3 is 20.1 Å². The number of hydrogen-bond acceptors (Lipinski definition) is 3. The topological polar surface area (TPSA) is 72.5 Å². The summed E-state index contributed by atoms with van der Waals surface area (Å²) < 4.78 is 0. The molecule has 0 aliphatic rings. The number of aliphatic carboxylic acids is 1. The molecule has 1 aromatic rings. The highest BCUT2D eigenvalue weighted by atomic mass is 35.5.